The number of fused-ring (bicyclic) bond motifs is 1. The van der Waals surface area contributed by atoms with Crippen LogP contribution >= 0.6 is 0 Å². The van der Waals surface area contributed by atoms with E-state index in [0.29, 0.717) is 5.95 Å². The summed E-state index contributed by atoms with van der Waals surface area (Å²) in [5.74, 6) is 0.648. The Morgan fingerprint density at radius 1 is 1.21 bits per heavy atom. The summed E-state index contributed by atoms with van der Waals surface area (Å²) in [5.41, 5.74) is 3.88. The van der Waals surface area contributed by atoms with Crippen LogP contribution in [0.15, 0.2) is 36.7 Å². The summed E-state index contributed by atoms with van der Waals surface area (Å²) in [6, 6.07) is 8.71. The van der Waals surface area contributed by atoms with E-state index in [1.54, 1.807) is 0 Å². The second-order valence-electron chi connectivity index (χ2n) is 10.1. The van der Waals surface area contributed by atoms with Crippen molar-refractivity contribution in [2.45, 2.75) is 63.1 Å². The van der Waals surface area contributed by atoms with Crippen molar-refractivity contribution in [2.75, 3.05) is 25.0 Å². The van der Waals surface area contributed by atoms with Crippen LogP contribution in [0.4, 0.5) is 10.7 Å². The molecule has 4 heterocycles. The fourth-order valence-electron chi connectivity index (χ4n) is 5.88. The molecular formula is C26H32N6O2. The first-order valence-electron chi connectivity index (χ1n) is 12.5. The number of H-pyrrole nitrogens is 1. The van der Waals surface area contributed by atoms with Crippen LogP contribution in [-0.4, -0.2) is 63.3 Å². The summed E-state index contributed by atoms with van der Waals surface area (Å²) >= 11 is 0. The molecule has 1 spiro atoms. The minimum absolute atomic E-state index is 0.138. The second kappa shape index (κ2) is 8.58. The van der Waals surface area contributed by atoms with Crippen molar-refractivity contribution in [3.63, 3.8) is 0 Å². The molecule has 1 saturated carbocycles. The Bertz CT molecular complexity index is 1200. The van der Waals surface area contributed by atoms with Gasteiger partial charge in [0, 0.05) is 53.8 Å². The number of carbonyl (C=O) groups excluding carboxylic acids is 1. The number of hydrogen-bond donors (Lipinski definition) is 3. The zero-order chi connectivity index (χ0) is 23.1. The SMILES string of the molecule is Cc1cnc(N[C@@H]2CCC[C@H](N3CC4(CCNCC4)OC3=O)C2)nc1-c1c[nH]c2ccccc12. The normalized spacial score (nSPS) is 24.5. The zero-order valence-corrected chi connectivity index (χ0v) is 19.6. The van der Waals surface area contributed by atoms with Crippen LogP contribution < -0.4 is 10.6 Å². The number of rotatable bonds is 4. The number of nitrogens with zero attached hydrogens (tertiary/aromatic N) is 3. The standard InChI is InChI=1S/C26H32N6O2/c1-17-14-29-24(31-23(17)21-15-28-22-8-3-2-7-20(21)22)30-18-5-4-6-19(13-18)32-16-26(34-25(32)33)9-11-27-12-10-26/h2-3,7-8,14-15,18-19,27-28H,4-6,9-13,16H2,1H3,(H,29,30,31)/t18-,19+/m1/s1. The predicted octanol–water partition coefficient (Wildman–Crippen LogP) is 4.23. The second-order valence-corrected chi connectivity index (χ2v) is 10.1. The first-order chi connectivity index (χ1) is 16.6. The van der Waals surface area contributed by atoms with Crippen LogP contribution in [0.5, 0.6) is 0 Å². The molecule has 3 fully saturated rings. The number of carbonyl (C=O) groups is 1. The monoisotopic (exact) mass is 460 g/mol. The molecule has 2 saturated heterocycles. The lowest BCUT2D eigenvalue weighted by atomic mass is 9.88. The first-order valence-corrected chi connectivity index (χ1v) is 12.5. The minimum Gasteiger partial charge on any atom is -0.441 e. The summed E-state index contributed by atoms with van der Waals surface area (Å²) in [6.45, 7) is 4.60. The number of amides is 1. The molecule has 0 bridgehead atoms. The summed E-state index contributed by atoms with van der Waals surface area (Å²) in [7, 11) is 0. The van der Waals surface area contributed by atoms with Crippen molar-refractivity contribution in [1.82, 2.24) is 25.2 Å². The van der Waals surface area contributed by atoms with Crippen LogP contribution in [0.2, 0.25) is 0 Å². The van der Waals surface area contributed by atoms with Crippen molar-refractivity contribution in [1.29, 1.82) is 0 Å². The van der Waals surface area contributed by atoms with Crippen LogP contribution in [0, 0.1) is 6.92 Å². The first kappa shape index (κ1) is 21.4. The van der Waals surface area contributed by atoms with E-state index in [9.17, 15) is 4.79 Å². The Hall–Kier alpha value is -3.13. The van der Waals surface area contributed by atoms with Gasteiger partial charge in [0.1, 0.15) is 5.60 Å². The molecule has 0 radical (unpaired) electrons. The van der Waals surface area contributed by atoms with Gasteiger partial charge in [0.2, 0.25) is 5.95 Å². The topological polar surface area (TPSA) is 95.2 Å². The van der Waals surface area contributed by atoms with Gasteiger partial charge in [-0.25, -0.2) is 14.8 Å². The van der Waals surface area contributed by atoms with E-state index >= 15 is 0 Å². The third-order valence-corrected chi connectivity index (χ3v) is 7.75. The van der Waals surface area contributed by atoms with E-state index in [4.69, 9.17) is 9.72 Å². The lowest BCUT2D eigenvalue weighted by Crippen LogP contribution is -2.47. The zero-order valence-electron chi connectivity index (χ0n) is 19.6. The van der Waals surface area contributed by atoms with Gasteiger partial charge < -0.3 is 25.3 Å². The van der Waals surface area contributed by atoms with Crippen molar-refractivity contribution in [2.24, 2.45) is 0 Å². The van der Waals surface area contributed by atoms with E-state index in [-0.39, 0.29) is 23.8 Å². The fraction of sp³-hybridized carbons (Fsp3) is 0.500. The number of aryl methyl sites for hydroxylation is 1. The van der Waals surface area contributed by atoms with Crippen molar-refractivity contribution < 1.29 is 9.53 Å². The molecule has 2 aliphatic heterocycles. The molecule has 1 amide bonds. The molecule has 1 aromatic carbocycles. The van der Waals surface area contributed by atoms with Gasteiger partial charge in [0.25, 0.3) is 0 Å². The largest absolute Gasteiger partial charge is 0.441 e. The number of aromatic nitrogens is 3. The molecule has 8 heteroatoms. The van der Waals surface area contributed by atoms with Gasteiger partial charge in [-0.15, -0.1) is 0 Å². The molecule has 8 nitrogen and oxygen atoms in total. The minimum atomic E-state index is -0.295. The number of benzene rings is 1. The highest BCUT2D eigenvalue weighted by atomic mass is 16.6. The van der Waals surface area contributed by atoms with Gasteiger partial charge in [0.05, 0.1) is 12.2 Å². The Morgan fingerprint density at radius 3 is 2.94 bits per heavy atom. The molecule has 3 aromatic rings. The average Bonchev–Trinajstić information content (AvgIpc) is 3.42. The maximum absolute atomic E-state index is 12.8. The molecule has 3 N–H and O–H groups in total. The summed E-state index contributed by atoms with van der Waals surface area (Å²) in [5, 5.41) is 8.11. The molecule has 178 valence electrons. The van der Waals surface area contributed by atoms with Crippen molar-refractivity contribution in [3.8, 4) is 11.3 Å². The van der Waals surface area contributed by atoms with Crippen molar-refractivity contribution in [3.05, 3.63) is 42.2 Å². The molecule has 1 aliphatic carbocycles. The lowest BCUT2D eigenvalue weighted by molar-refractivity contribution is 0.0316. The molecular weight excluding hydrogens is 428 g/mol. The van der Waals surface area contributed by atoms with E-state index < -0.39 is 0 Å². The number of ether oxygens (including phenoxy) is 1. The maximum Gasteiger partial charge on any atom is 0.410 e. The number of para-hydroxylation sites is 1. The van der Waals surface area contributed by atoms with E-state index in [0.717, 1.165) is 85.9 Å². The number of nitrogens with one attached hydrogen (secondary N) is 3. The van der Waals surface area contributed by atoms with Gasteiger partial charge in [-0.2, -0.15) is 0 Å². The highest BCUT2D eigenvalue weighted by Crippen LogP contribution is 2.36. The fourth-order valence-corrected chi connectivity index (χ4v) is 5.88. The Labute approximate surface area is 199 Å². The molecule has 2 atom stereocenters. The van der Waals surface area contributed by atoms with Crippen LogP contribution in [0.3, 0.4) is 0 Å². The van der Waals surface area contributed by atoms with Crippen LogP contribution in [-0.2, 0) is 4.74 Å². The summed E-state index contributed by atoms with van der Waals surface area (Å²) < 4.78 is 5.91. The molecule has 0 unspecified atom stereocenters. The predicted molar refractivity (Wildman–Crippen MR) is 132 cm³/mol. The molecule has 34 heavy (non-hydrogen) atoms. The highest BCUT2D eigenvalue weighted by molar-refractivity contribution is 5.95. The lowest BCUT2D eigenvalue weighted by Gasteiger charge is -2.36. The third-order valence-electron chi connectivity index (χ3n) is 7.75. The molecule has 6 rings (SSSR count). The van der Waals surface area contributed by atoms with Crippen molar-refractivity contribution >= 4 is 22.9 Å². The number of aromatic amines is 1. The number of anilines is 1. The Morgan fingerprint density at radius 2 is 2.06 bits per heavy atom. The third kappa shape index (κ3) is 3.90. The van der Waals surface area contributed by atoms with E-state index in [1.807, 2.05) is 30.3 Å². The average molecular weight is 461 g/mol. The maximum atomic E-state index is 12.8. The Kier molecular flexibility index (Phi) is 5.40. The smallest absolute Gasteiger partial charge is 0.410 e. The molecule has 2 aromatic heterocycles. The quantitative estimate of drug-likeness (QED) is 0.539. The number of piperidine rings is 1. The van der Waals surface area contributed by atoms with Gasteiger partial charge >= 0.3 is 6.09 Å². The number of hydrogen-bond acceptors (Lipinski definition) is 6. The van der Waals surface area contributed by atoms with Gasteiger partial charge in [-0.05, 0) is 57.3 Å². The van der Waals surface area contributed by atoms with Gasteiger partial charge in [-0.1, -0.05) is 18.2 Å². The van der Waals surface area contributed by atoms with Crippen LogP contribution in [0.25, 0.3) is 22.2 Å². The van der Waals surface area contributed by atoms with Gasteiger partial charge in [0.15, 0.2) is 0 Å². The Balaban J connectivity index is 1.18. The summed E-state index contributed by atoms with van der Waals surface area (Å²) in [6.07, 6.45) is 9.62. The van der Waals surface area contributed by atoms with E-state index in [2.05, 4.69) is 38.8 Å². The molecule has 3 aliphatic rings. The highest BCUT2D eigenvalue weighted by Gasteiger charge is 2.48. The van der Waals surface area contributed by atoms with Gasteiger partial charge in [-0.3, -0.25) is 0 Å². The van der Waals surface area contributed by atoms with Crippen LogP contribution in [0.1, 0.15) is 44.1 Å². The van der Waals surface area contributed by atoms with E-state index in [1.165, 1.54) is 0 Å². The summed E-state index contributed by atoms with van der Waals surface area (Å²) in [4.78, 5) is 27.6.